The van der Waals surface area contributed by atoms with Gasteiger partial charge >= 0.3 is 5.97 Å². The highest BCUT2D eigenvalue weighted by atomic mass is 16.5. The maximum atomic E-state index is 11.6. The fraction of sp³-hybridized carbons (Fsp3) is 0.429. The fourth-order valence-corrected chi connectivity index (χ4v) is 5.16. The van der Waals surface area contributed by atoms with Crippen LogP contribution in [0.1, 0.15) is 61.8 Å². The van der Waals surface area contributed by atoms with Gasteiger partial charge < -0.3 is 14.9 Å². The van der Waals surface area contributed by atoms with Crippen molar-refractivity contribution in [1.29, 1.82) is 0 Å². The Morgan fingerprint density at radius 2 is 1.61 bits per heavy atom. The summed E-state index contributed by atoms with van der Waals surface area (Å²) in [4.78, 5) is 11.6. The number of aliphatic carboxylic acids is 1. The van der Waals surface area contributed by atoms with Crippen molar-refractivity contribution in [1.82, 2.24) is 10.5 Å². The van der Waals surface area contributed by atoms with Gasteiger partial charge in [0.05, 0.1) is 11.1 Å². The molecule has 5 nitrogen and oxygen atoms in total. The standard InChI is InChI=1S/C28H32N2O3/c1-19-25(18-29-17-20-5-3-2-4-6-20)26(33-30-19)23-9-7-21(8-10-23)22-11-13-24(14-12-22)28(15-16-28)27(31)32/h7-14,20,29H,2-6,15-18H2,1H3,(H,31,32). The smallest absolute Gasteiger partial charge is 0.314 e. The largest absolute Gasteiger partial charge is 0.481 e. The van der Waals surface area contributed by atoms with Gasteiger partial charge in [-0.2, -0.15) is 0 Å². The third-order valence-corrected chi connectivity index (χ3v) is 7.52. The van der Waals surface area contributed by atoms with Crippen molar-refractivity contribution in [3.8, 4) is 22.5 Å². The number of aryl methyl sites for hydroxylation is 1. The summed E-state index contributed by atoms with van der Waals surface area (Å²) in [5.74, 6) is 0.909. The van der Waals surface area contributed by atoms with Crippen molar-refractivity contribution in [2.75, 3.05) is 6.54 Å². The predicted octanol–water partition coefficient (Wildman–Crippen LogP) is 6.10. The molecule has 0 amide bonds. The number of nitrogens with one attached hydrogen (secondary N) is 1. The normalized spacial score (nSPS) is 17.7. The van der Waals surface area contributed by atoms with Crippen LogP contribution in [0.3, 0.4) is 0 Å². The van der Waals surface area contributed by atoms with Crippen LogP contribution in [0.15, 0.2) is 53.1 Å². The number of hydrogen-bond acceptors (Lipinski definition) is 4. The SMILES string of the molecule is Cc1noc(-c2ccc(-c3ccc(C4(C(=O)O)CC4)cc3)cc2)c1CNCC1CCCCC1. The quantitative estimate of drug-likeness (QED) is 0.439. The number of carboxylic acid groups (broad SMARTS) is 1. The first kappa shape index (κ1) is 21.9. The lowest BCUT2D eigenvalue weighted by Crippen LogP contribution is -2.24. The lowest BCUT2D eigenvalue weighted by molar-refractivity contribution is -0.140. The van der Waals surface area contributed by atoms with Crippen LogP contribution in [0.5, 0.6) is 0 Å². The number of benzene rings is 2. The van der Waals surface area contributed by atoms with Gasteiger partial charge in [0.1, 0.15) is 0 Å². The highest BCUT2D eigenvalue weighted by molar-refractivity contribution is 5.85. The summed E-state index contributed by atoms with van der Waals surface area (Å²) < 4.78 is 5.71. The van der Waals surface area contributed by atoms with E-state index in [-0.39, 0.29) is 0 Å². The molecule has 3 aromatic rings. The Kier molecular flexibility index (Phi) is 6.07. The van der Waals surface area contributed by atoms with Crippen LogP contribution in [0.4, 0.5) is 0 Å². The van der Waals surface area contributed by atoms with E-state index in [4.69, 9.17) is 4.52 Å². The molecular weight excluding hydrogens is 412 g/mol. The van der Waals surface area contributed by atoms with Gasteiger partial charge in [-0.3, -0.25) is 4.79 Å². The van der Waals surface area contributed by atoms with E-state index in [9.17, 15) is 9.90 Å². The predicted molar refractivity (Wildman–Crippen MR) is 129 cm³/mol. The molecule has 0 atom stereocenters. The van der Waals surface area contributed by atoms with E-state index in [1.165, 1.54) is 32.1 Å². The van der Waals surface area contributed by atoms with Gasteiger partial charge in [0.15, 0.2) is 5.76 Å². The van der Waals surface area contributed by atoms with Gasteiger partial charge in [-0.1, -0.05) is 73.0 Å². The number of aromatic nitrogens is 1. The third-order valence-electron chi connectivity index (χ3n) is 7.52. The van der Waals surface area contributed by atoms with Crippen molar-refractivity contribution in [3.05, 3.63) is 65.4 Å². The van der Waals surface area contributed by atoms with Crippen LogP contribution in [-0.4, -0.2) is 22.8 Å². The molecule has 2 N–H and O–H groups in total. The van der Waals surface area contributed by atoms with Crippen molar-refractivity contribution in [2.24, 2.45) is 5.92 Å². The molecule has 0 saturated heterocycles. The summed E-state index contributed by atoms with van der Waals surface area (Å²) in [5.41, 5.74) is 5.51. The number of rotatable bonds is 8. The summed E-state index contributed by atoms with van der Waals surface area (Å²) >= 11 is 0. The lowest BCUT2D eigenvalue weighted by Gasteiger charge is -2.21. The molecule has 0 bridgehead atoms. The molecule has 2 saturated carbocycles. The first-order chi connectivity index (χ1) is 16.1. The molecule has 0 unspecified atom stereocenters. The second-order valence-electron chi connectivity index (χ2n) is 9.75. The molecule has 1 heterocycles. The summed E-state index contributed by atoms with van der Waals surface area (Å²) in [6.07, 6.45) is 8.23. The molecule has 2 aliphatic carbocycles. The third kappa shape index (κ3) is 4.47. The number of carboxylic acids is 1. The zero-order chi connectivity index (χ0) is 22.8. The molecule has 2 aromatic carbocycles. The fourth-order valence-electron chi connectivity index (χ4n) is 5.16. The Bertz CT molecular complexity index is 1110. The Hall–Kier alpha value is -2.92. The molecule has 0 aliphatic heterocycles. The van der Waals surface area contributed by atoms with E-state index < -0.39 is 11.4 Å². The molecule has 1 aromatic heterocycles. The Morgan fingerprint density at radius 3 is 2.21 bits per heavy atom. The van der Waals surface area contributed by atoms with Crippen LogP contribution in [0.2, 0.25) is 0 Å². The van der Waals surface area contributed by atoms with E-state index in [2.05, 4.69) is 34.7 Å². The molecule has 172 valence electrons. The molecule has 5 heteroatoms. The highest BCUT2D eigenvalue weighted by Gasteiger charge is 2.51. The molecule has 2 aliphatic rings. The van der Waals surface area contributed by atoms with Crippen molar-refractivity contribution in [2.45, 2.75) is 63.8 Å². The highest BCUT2D eigenvalue weighted by Crippen LogP contribution is 2.48. The average Bonchev–Trinajstić information content (AvgIpc) is 3.59. The van der Waals surface area contributed by atoms with Crippen LogP contribution < -0.4 is 5.32 Å². The zero-order valence-electron chi connectivity index (χ0n) is 19.3. The second-order valence-corrected chi connectivity index (χ2v) is 9.75. The first-order valence-electron chi connectivity index (χ1n) is 12.2. The molecule has 33 heavy (non-hydrogen) atoms. The van der Waals surface area contributed by atoms with Crippen molar-refractivity contribution >= 4 is 5.97 Å². The minimum absolute atomic E-state index is 0.659. The minimum atomic E-state index is -0.717. The van der Waals surface area contributed by atoms with Gasteiger partial charge in [-0.15, -0.1) is 0 Å². The van der Waals surface area contributed by atoms with E-state index in [1.54, 1.807) is 0 Å². The topological polar surface area (TPSA) is 75.4 Å². The number of nitrogens with zero attached hydrogens (tertiary/aromatic N) is 1. The molecular formula is C28H32N2O3. The number of hydrogen-bond donors (Lipinski definition) is 2. The van der Waals surface area contributed by atoms with Gasteiger partial charge in [0.2, 0.25) is 0 Å². The monoisotopic (exact) mass is 444 g/mol. The molecule has 0 spiro atoms. The minimum Gasteiger partial charge on any atom is -0.481 e. The summed E-state index contributed by atoms with van der Waals surface area (Å²) in [6, 6.07) is 16.3. The summed E-state index contributed by atoms with van der Waals surface area (Å²) in [5, 5.41) is 17.4. The lowest BCUT2D eigenvalue weighted by atomic mass is 9.89. The molecule has 0 radical (unpaired) electrons. The Labute approximate surface area is 195 Å². The van der Waals surface area contributed by atoms with E-state index >= 15 is 0 Å². The number of carbonyl (C=O) groups is 1. The molecule has 2 fully saturated rings. The average molecular weight is 445 g/mol. The zero-order valence-corrected chi connectivity index (χ0v) is 19.3. The van der Waals surface area contributed by atoms with Gasteiger partial charge in [-0.25, -0.2) is 0 Å². The Morgan fingerprint density at radius 1 is 1.00 bits per heavy atom. The summed E-state index contributed by atoms with van der Waals surface area (Å²) in [6.45, 7) is 3.84. The first-order valence-corrected chi connectivity index (χ1v) is 12.2. The van der Waals surface area contributed by atoms with Crippen molar-refractivity contribution < 1.29 is 14.4 Å². The molecule has 5 rings (SSSR count). The van der Waals surface area contributed by atoms with Crippen LogP contribution in [0, 0.1) is 12.8 Å². The summed E-state index contributed by atoms with van der Waals surface area (Å²) in [7, 11) is 0. The van der Waals surface area contributed by atoms with E-state index in [0.717, 1.165) is 71.1 Å². The van der Waals surface area contributed by atoms with E-state index in [0.29, 0.717) is 0 Å². The van der Waals surface area contributed by atoms with Crippen LogP contribution in [0.25, 0.3) is 22.5 Å². The second kappa shape index (κ2) is 9.14. The van der Waals surface area contributed by atoms with Crippen molar-refractivity contribution in [3.63, 3.8) is 0 Å². The van der Waals surface area contributed by atoms with E-state index in [1.807, 2.05) is 31.2 Å². The van der Waals surface area contributed by atoms with Crippen LogP contribution >= 0.6 is 0 Å². The Balaban J connectivity index is 1.27. The maximum absolute atomic E-state index is 11.6. The van der Waals surface area contributed by atoms with Gasteiger partial charge in [-0.05, 0) is 61.8 Å². The van der Waals surface area contributed by atoms with Crippen LogP contribution in [-0.2, 0) is 16.8 Å². The maximum Gasteiger partial charge on any atom is 0.314 e. The van der Waals surface area contributed by atoms with Gasteiger partial charge in [0.25, 0.3) is 0 Å². The van der Waals surface area contributed by atoms with Gasteiger partial charge in [0, 0.05) is 17.7 Å².